The number of hydrogen-bond donors (Lipinski definition) is 1. The van der Waals surface area contributed by atoms with Gasteiger partial charge in [0.05, 0.1) is 24.5 Å². The number of carbonyl (C=O) groups is 1. The van der Waals surface area contributed by atoms with Crippen molar-refractivity contribution in [3.8, 4) is 0 Å². The number of nitrogens with zero attached hydrogens (tertiary/aromatic N) is 2. The van der Waals surface area contributed by atoms with Crippen LogP contribution < -0.4 is 10.2 Å². The lowest BCUT2D eigenvalue weighted by molar-refractivity contribution is 0.0948. The Bertz CT molecular complexity index is 789. The molecule has 2 heterocycles. The van der Waals surface area contributed by atoms with Gasteiger partial charge in [-0.25, -0.2) is 9.37 Å². The Morgan fingerprint density at radius 3 is 2.77 bits per heavy atom. The highest BCUT2D eigenvalue weighted by Crippen LogP contribution is 2.21. The largest absolute Gasteiger partial charge is 0.378 e. The van der Waals surface area contributed by atoms with Crippen LogP contribution in [0.5, 0.6) is 0 Å². The molecule has 3 rings (SSSR count). The number of hydrogen-bond acceptors (Lipinski definition) is 4. The highest BCUT2D eigenvalue weighted by molar-refractivity contribution is 5.97. The number of anilines is 1. The van der Waals surface area contributed by atoms with Gasteiger partial charge in [0.2, 0.25) is 0 Å². The van der Waals surface area contributed by atoms with Gasteiger partial charge in [0.15, 0.2) is 0 Å². The van der Waals surface area contributed by atoms with E-state index < -0.39 is 0 Å². The summed E-state index contributed by atoms with van der Waals surface area (Å²) in [5.74, 6) is 0.410. The van der Waals surface area contributed by atoms with Crippen LogP contribution in [0, 0.1) is 12.7 Å². The lowest BCUT2D eigenvalue weighted by Gasteiger charge is -2.29. The number of aryl methyl sites for hydroxylation is 2. The zero-order valence-corrected chi connectivity index (χ0v) is 15.2. The number of aromatic nitrogens is 1. The maximum atomic E-state index is 13.3. The summed E-state index contributed by atoms with van der Waals surface area (Å²) in [6.07, 6.45) is 0.668. The fourth-order valence-corrected chi connectivity index (χ4v) is 3.16. The van der Waals surface area contributed by atoms with Gasteiger partial charge >= 0.3 is 0 Å². The molecule has 0 unspecified atom stereocenters. The Kier molecular flexibility index (Phi) is 5.83. The van der Waals surface area contributed by atoms with E-state index in [0.29, 0.717) is 25.2 Å². The van der Waals surface area contributed by atoms with Gasteiger partial charge in [-0.15, -0.1) is 0 Å². The fourth-order valence-electron chi connectivity index (χ4n) is 3.16. The zero-order valence-electron chi connectivity index (χ0n) is 15.2. The average molecular weight is 357 g/mol. The number of pyridine rings is 1. The van der Waals surface area contributed by atoms with E-state index in [1.807, 2.05) is 19.9 Å². The van der Waals surface area contributed by atoms with Crippen LogP contribution >= 0.6 is 0 Å². The number of morpholine rings is 1. The summed E-state index contributed by atoms with van der Waals surface area (Å²) in [4.78, 5) is 19.6. The maximum Gasteiger partial charge on any atom is 0.253 e. The van der Waals surface area contributed by atoms with Gasteiger partial charge in [0, 0.05) is 19.6 Å². The lowest BCUT2D eigenvalue weighted by Crippen LogP contribution is -2.37. The van der Waals surface area contributed by atoms with Crippen molar-refractivity contribution in [1.29, 1.82) is 0 Å². The van der Waals surface area contributed by atoms with Crippen LogP contribution in [-0.4, -0.2) is 37.2 Å². The van der Waals surface area contributed by atoms with Gasteiger partial charge < -0.3 is 15.0 Å². The van der Waals surface area contributed by atoms with E-state index in [4.69, 9.17) is 9.72 Å². The van der Waals surface area contributed by atoms with Crippen molar-refractivity contribution in [3.63, 3.8) is 0 Å². The molecule has 0 radical (unpaired) electrons. The third kappa shape index (κ3) is 4.19. The van der Waals surface area contributed by atoms with Crippen LogP contribution in [0.2, 0.25) is 0 Å². The molecule has 1 N–H and O–H groups in total. The van der Waals surface area contributed by atoms with Gasteiger partial charge in [-0.3, -0.25) is 4.79 Å². The third-order valence-electron chi connectivity index (χ3n) is 4.52. The fraction of sp³-hybridized carbons (Fsp3) is 0.400. The molecule has 6 heteroatoms. The molecule has 0 spiro atoms. The number of benzene rings is 1. The van der Waals surface area contributed by atoms with Gasteiger partial charge in [-0.2, -0.15) is 0 Å². The second kappa shape index (κ2) is 8.27. The van der Waals surface area contributed by atoms with Crippen LogP contribution in [0.3, 0.4) is 0 Å². The van der Waals surface area contributed by atoms with Gasteiger partial charge in [-0.05, 0) is 42.7 Å². The molecule has 1 aromatic heterocycles. The van der Waals surface area contributed by atoms with Crippen LogP contribution in [0.15, 0.2) is 30.3 Å². The molecule has 1 amide bonds. The molecule has 0 saturated carbocycles. The van der Waals surface area contributed by atoms with E-state index in [0.717, 1.165) is 35.7 Å². The molecule has 26 heavy (non-hydrogen) atoms. The average Bonchev–Trinajstić information content (AvgIpc) is 2.66. The number of rotatable bonds is 5. The molecule has 1 saturated heterocycles. The van der Waals surface area contributed by atoms with Crippen molar-refractivity contribution in [2.45, 2.75) is 26.8 Å². The SMILES string of the molecule is CCc1nc(N2CCOCC2)cc(C)c1C(=O)NCc1cccc(F)c1. The van der Waals surface area contributed by atoms with E-state index in [-0.39, 0.29) is 18.3 Å². The topological polar surface area (TPSA) is 54.5 Å². The minimum Gasteiger partial charge on any atom is -0.378 e. The van der Waals surface area contributed by atoms with E-state index in [1.54, 1.807) is 12.1 Å². The molecule has 1 aromatic carbocycles. The summed E-state index contributed by atoms with van der Waals surface area (Å²) in [5, 5.41) is 2.88. The summed E-state index contributed by atoms with van der Waals surface area (Å²) in [6.45, 7) is 7.21. The van der Waals surface area contributed by atoms with Crippen molar-refractivity contribution < 1.29 is 13.9 Å². The minimum atomic E-state index is -0.307. The maximum absolute atomic E-state index is 13.3. The minimum absolute atomic E-state index is 0.176. The predicted molar refractivity (Wildman–Crippen MR) is 99.0 cm³/mol. The summed E-state index contributed by atoms with van der Waals surface area (Å²) in [6, 6.07) is 8.20. The molecule has 2 aromatic rings. The highest BCUT2D eigenvalue weighted by Gasteiger charge is 2.19. The van der Waals surface area contributed by atoms with Crippen molar-refractivity contribution in [1.82, 2.24) is 10.3 Å². The summed E-state index contributed by atoms with van der Waals surface area (Å²) < 4.78 is 18.7. The Hall–Kier alpha value is -2.47. The van der Waals surface area contributed by atoms with E-state index in [2.05, 4.69) is 10.2 Å². The number of amides is 1. The summed E-state index contributed by atoms with van der Waals surface area (Å²) >= 11 is 0. The standard InChI is InChI=1S/C20H24FN3O2/c1-3-17-19(20(25)22-13-15-5-4-6-16(21)12-15)14(2)11-18(23-17)24-7-9-26-10-8-24/h4-6,11-12H,3,7-10,13H2,1-2H3,(H,22,25). The van der Waals surface area contributed by atoms with E-state index in [9.17, 15) is 9.18 Å². The van der Waals surface area contributed by atoms with Gasteiger partial charge in [0.25, 0.3) is 5.91 Å². The number of carbonyl (C=O) groups excluding carboxylic acids is 1. The summed E-state index contributed by atoms with van der Waals surface area (Å²) in [7, 11) is 0. The number of nitrogens with one attached hydrogen (secondary N) is 1. The smallest absolute Gasteiger partial charge is 0.253 e. The van der Waals surface area contributed by atoms with Crippen LogP contribution in [0.1, 0.15) is 34.1 Å². The van der Waals surface area contributed by atoms with Crippen molar-refractivity contribution in [2.75, 3.05) is 31.2 Å². The first-order valence-electron chi connectivity index (χ1n) is 8.94. The number of ether oxygens (including phenoxy) is 1. The first kappa shape index (κ1) is 18.3. The second-order valence-electron chi connectivity index (χ2n) is 6.38. The first-order chi connectivity index (χ1) is 12.6. The summed E-state index contributed by atoms with van der Waals surface area (Å²) in [5.41, 5.74) is 3.02. The molecule has 1 aliphatic rings. The van der Waals surface area contributed by atoms with Crippen LogP contribution in [0.4, 0.5) is 10.2 Å². The first-order valence-corrected chi connectivity index (χ1v) is 8.94. The van der Waals surface area contributed by atoms with Crippen molar-refractivity contribution in [2.24, 2.45) is 0 Å². The molecule has 1 aliphatic heterocycles. The molecule has 1 fully saturated rings. The van der Waals surface area contributed by atoms with Crippen LogP contribution in [-0.2, 0) is 17.7 Å². The normalized spacial score (nSPS) is 14.3. The zero-order chi connectivity index (χ0) is 18.5. The highest BCUT2D eigenvalue weighted by atomic mass is 19.1. The number of halogens is 1. The molecular weight excluding hydrogens is 333 g/mol. The Labute approximate surface area is 153 Å². The van der Waals surface area contributed by atoms with Gasteiger partial charge in [0.1, 0.15) is 11.6 Å². The Balaban J connectivity index is 1.78. The van der Waals surface area contributed by atoms with E-state index >= 15 is 0 Å². The van der Waals surface area contributed by atoms with Crippen LogP contribution in [0.25, 0.3) is 0 Å². The second-order valence-corrected chi connectivity index (χ2v) is 6.38. The Morgan fingerprint density at radius 1 is 1.31 bits per heavy atom. The van der Waals surface area contributed by atoms with E-state index in [1.165, 1.54) is 12.1 Å². The van der Waals surface area contributed by atoms with Crippen molar-refractivity contribution in [3.05, 3.63) is 58.5 Å². The molecule has 5 nitrogen and oxygen atoms in total. The molecule has 0 bridgehead atoms. The molecule has 0 atom stereocenters. The van der Waals surface area contributed by atoms with Crippen molar-refractivity contribution >= 4 is 11.7 Å². The Morgan fingerprint density at radius 2 is 2.08 bits per heavy atom. The molecule has 0 aliphatic carbocycles. The third-order valence-corrected chi connectivity index (χ3v) is 4.52. The monoisotopic (exact) mass is 357 g/mol. The molecule has 138 valence electrons. The van der Waals surface area contributed by atoms with Gasteiger partial charge in [-0.1, -0.05) is 19.1 Å². The quantitative estimate of drug-likeness (QED) is 0.894. The molecular formula is C20H24FN3O2. The lowest BCUT2D eigenvalue weighted by atomic mass is 10.0. The predicted octanol–water partition coefficient (Wildman–Crippen LogP) is 2.86.